The van der Waals surface area contributed by atoms with E-state index in [9.17, 15) is 4.79 Å². The Bertz CT molecular complexity index is 1560. The number of ether oxygens (including phenoxy) is 2. The second-order valence-corrected chi connectivity index (χ2v) is 13.5. The second kappa shape index (κ2) is 10.6. The zero-order valence-electron chi connectivity index (χ0n) is 22.2. The Hall–Kier alpha value is -2.89. The molecular weight excluding hydrogens is 528 g/mol. The first-order chi connectivity index (χ1) is 18.8. The maximum absolute atomic E-state index is 13.2. The summed E-state index contributed by atoms with van der Waals surface area (Å²) in [6.45, 7) is 8.40. The summed E-state index contributed by atoms with van der Waals surface area (Å²) < 4.78 is 13.6. The molecule has 8 nitrogen and oxygen atoms in total. The highest BCUT2D eigenvalue weighted by atomic mass is 31.1. The molecule has 2 aliphatic rings. The third kappa shape index (κ3) is 5.31. The number of imidazole rings is 1. The highest BCUT2D eigenvalue weighted by Crippen LogP contribution is 2.37. The first kappa shape index (κ1) is 26.3. The maximum atomic E-state index is 13.2. The number of aryl methyl sites for hydroxylation is 1. The largest absolute Gasteiger partial charge is 0.378 e. The van der Waals surface area contributed by atoms with Crippen molar-refractivity contribution in [2.45, 2.75) is 31.8 Å². The van der Waals surface area contributed by atoms with Gasteiger partial charge in [0.1, 0.15) is 0 Å². The molecule has 2 aliphatic heterocycles. The molecule has 0 spiro atoms. The molecule has 39 heavy (non-hydrogen) atoms. The molecule has 0 bridgehead atoms. The number of rotatable bonds is 5. The molecule has 0 aliphatic carbocycles. The van der Waals surface area contributed by atoms with E-state index in [1.165, 1.54) is 0 Å². The Morgan fingerprint density at radius 1 is 1.08 bits per heavy atom. The van der Waals surface area contributed by atoms with Gasteiger partial charge in [0, 0.05) is 53.6 Å². The Morgan fingerprint density at radius 3 is 2.69 bits per heavy atom. The van der Waals surface area contributed by atoms with Crippen molar-refractivity contribution in [3.05, 3.63) is 77.0 Å². The van der Waals surface area contributed by atoms with Crippen molar-refractivity contribution in [3.63, 3.8) is 0 Å². The number of benzene rings is 1. The summed E-state index contributed by atoms with van der Waals surface area (Å²) in [5.74, 6) is -0.169. The fourth-order valence-corrected chi connectivity index (χ4v) is 5.49. The van der Waals surface area contributed by atoms with Crippen LogP contribution >= 0.6 is 18.5 Å². The fraction of sp³-hybridized carbons (Fsp3) is 0.345. The van der Waals surface area contributed by atoms with Crippen LogP contribution in [0.3, 0.4) is 0 Å². The van der Waals surface area contributed by atoms with E-state index in [1.54, 1.807) is 12.3 Å². The van der Waals surface area contributed by atoms with Gasteiger partial charge in [-0.05, 0) is 55.3 Å². The van der Waals surface area contributed by atoms with Crippen LogP contribution in [0.25, 0.3) is 16.8 Å². The molecule has 5 heterocycles. The van der Waals surface area contributed by atoms with Crippen molar-refractivity contribution in [2.24, 2.45) is 0 Å². The average Bonchev–Trinajstić information content (AvgIpc) is 3.32. The third-order valence-corrected chi connectivity index (χ3v) is 7.93. The summed E-state index contributed by atoms with van der Waals surface area (Å²) in [5, 5.41) is 3.09. The van der Waals surface area contributed by atoms with Crippen molar-refractivity contribution in [1.29, 1.82) is 0 Å². The lowest BCUT2D eigenvalue weighted by Crippen LogP contribution is -2.36. The SMILES string of the molecule is Cc1ccc(NC(=O)c2ccnc(C(C)(P)P)c2)cc1-c1cc(N2CCOCC2)c2nc3c(n2c1)COCC3. The van der Waals surface area contributed by atoms with E-state index >= 15 is 0 Å². The van der Waals surface area contributed by atoms with Gasteiger partial charge in [0.2, 0.25) is 0 Å². The molecule has 202 valence electrons. The van der Waals surface area contributed by atoms with E-state index < -0.39 is 0 Å². The molecular formula is C29H33N5O3P2. The van der Waals surface area contributed by atoms with Crippen LogP contribution in [0.2, 0.25) is 0 Å². The van der Waals surface area contributed by atoms with Crippen LogP contribution in [-0.4, -0.2) is 53.2 Å². The first-order valence-corrected chi connectivity index (χ1v) is 14.3. The van der Waals surface area contributed by atoms with Gasteiger partial charge < -0.3 is 19.7 Å². The van der Waals surface area contributed by atoms with Gasteiger partial charge in [-0.3, -0.25) is 14.2 Å². The van der Waals surface area contributed by atoms with Crippen LogP contribution in [0.15, 0.2) is 48.8 Å². The highest BCUT2D eigenvalue weighted by Gasteiger charge is 2.24. The van der Waals surface area contributed by atoms with Gasteiger partial charge in [0.05, 0.1) is 49.2 Å². The number of aromatic nitrogens is 3. The van der Waals surface area contributed by atoms with E-state index in [-0.39, 0.29) is 10.8 Å². The van der Waals surface area contributed by atoms with Crippen LogP contribution in [0.1, 0.15) is 39.9 Å². The zero-order valence-corrected chi connectivity index (χ0v) is 24.5. The zero-order chi connectivity index (χ0) is 27.1. The minimum absolute atomic E-state index is 0.169. The number of amides is 1. The Kier molecular flexibility index (Phi) is 7.15. The number of nitrogens with zero attached hydrogens (tertiary/aromatic N) is 4. The Balaban J connectivity index is 1.39. The molecule has 6 rings (SSSR count). The molecule has 2 atom stereocenters. The molecule has 1 saturated heterocycles. The summed E-state index contributed by atoms with van der Waals surface area (Å²) >= 11 is 0. The van der Waals surface area contributed by atoms with Gasteiger partial charge in [-0.2, -0.15) is 0 Å². The Morgan fingerprint density at radius 2 is 1.90 bits per heavy atom. The van der Waals surface area contributed by atoms with Crippen LogP contribution in [-0.2, 0) is 27.4 Å². The van der Waals surface area contributed by atoms with E-state index in [0.717, 1.165) is 70.3 Å². The summed E-state index contributed by atoms with van der Waals surface area (Å²) in [4.78, 5) is 24.7. The van der Waals surface area contributed by atoms with Gasteiger partial charge in [-0.1, -0.05) is 6.07 Å². The van der Waals surface area contributed by atoms with Crippen LogP contribution in [0, 0.1) is 6.92 Å². The molecule has 3 aromatic heterocycles. The minimum atomic E-state index is -0.304. The van der Waals surface area contributed by atoms with Crippen molar-refractivity contribution >= 4 is 41.4 Å². The van der Waals surface area contributed by atoms with Crippen molar-refractivity contribution in [1.82, 2.24) is 14.4 Å². The van der Waals surface area contributed by atoms with Gasteiger partial charge >= 0.3 is 0 Å². The monoisotopic (exact) mass is 561 g/mol. The predicted molar refractivity (Wildman–Crippen MR) is 161 cm³/mol. The number of hydrogen-bond donors (Lipinski definition) is 1. The number of morpholine rings is 1. The number of carbonyl (C=O) groups excluding carboxylic acids is 1. The van der Waals surface area contributed by atoms with Crippen LogP contribution in [0.4, 0.5) is 11.4 Å². The highest BCUT2D eigenvalue weighted by molar-refractivity contribution is 7.38. The minimum Gasteiger partial charge on any atom is -0.378 e. The molecule has 1 aromatic carbocycles. The lowest BCUT2D eigenvalue weighted by molar-refractivity contribution is 0.102. The third-order valence-electron chi connectivity index (χ3n) is 7.34. The molecule has 1 fully saturated rings. The van der Waals surface area contributed by atoms with Crippen LogP contribution in [0.5, 0.6) is 0 Å². The number of fused-ring (bicyclic) bond motifs is 3. The quantitative estimate of drug-likeness (QED) is 0.353. The maximum Gasteiger partial charge on any atom is 0.255 e. The normalized spacial score (nSPS) is 15.8. The van der Waals surface area contributed by atoms with Gasteiger partial charge in [-0.25, -0.2) is 4.98 Å². The van der Waals surface area contributed by atoms with E-state index in [0.29, 0.717) is 32.0 Å². The number of carbonyl (C=O) groups is 1. The molecule has 1 amide bonds. The molecule has 0 radical (unpaired) electrons. The number of pyridine rings is 2. The lowest BCUT2D eigenvalue weighted by Gasteiger charge is -2.29. The molecule has 1 N–H and O–H groups in total. The van der Waals surface area contributed by atoms with Gasteiger partial charge in [0.25, 0.3) is 5.91 Å². The first-order valence-electron chi connectivity index (χ1n) is 13.2. The summed E-state index contributed by atoms with van der Waals surface area (Å²) in [6, 6.07) is 11.8. The fourth-order valence-electron chi connectivity index (χ4n) is 5.18. The van der Waals surface area contributed by atoms with Gasteiger partial charge in [0.15, 0.2) is 5.65 Å². The molecule has 0 saturated carbocycles. The number of hydrogen-bond acceptors (Lipinski definition) is 6. The average molecular weight is 562 g/mol. The predicted octanol–water partition coefficient (Wildman–Crippen LogP) is 4.79. The van der Waals surface area contributed by atoms with E-state index in [2.05, 4.69) is 69.4 Å². The lowest BCUT2D eigenvalue weighted by atomic mass is 10.0. The molecule has 2 unspecified atom stereocenters. The molecule has 4 aromatic rings. The second-order valence-electron chi connectivity index (χ2n) is 10.4. The summed E-state index contributed by atoms with van der Waals surface area (Å²) in [7, 11) is 5.48. The smallest absolute Gasteiger partial charge is 0.255 e. The van der Waals surface area contributed by atoms with E-state index in [4.69, 9.17) is 14.5 Å². The number of anilines is 2. The van der Waals surface area contributed by atoms with E-state index in [1.807, 2.05) is 19.1 Å². The summed E-state index contributed by atoms with van der Waals surface area (Å²) in [5.41, 5.74) is 9.64. The van der Waals surface area contributed by atoms with Crippen molar-refractivity contribution in [2.75, 3.05) is 43.1 Å². The van der Waals surface area contributed by atoms with Gasteiger partial charge in [-0.15, -0.1) is 18.5 Å². The molecule has 10 heteroatoms. The summed E-state index contributed by atoms with van der Waals surface area (Å²) in [6.07, 6.45) is 4.65. The Labute approximate surface area is 232 Å². The topological polar surface area (TPSA) is 81.0 Å². The number of nitrogens with one attached hydrogen (secondary N) is 1. The van der Waals surface area contributed by atoms with Crippen molar-refractivity contribution in [3.8, 4) is 11.1 Å². The van der Waals surface area contributed by atoms with Crippen LogP contribution < -0.4 is 10.2 Å². The van der Waals surface area contributed by atoms with Crippen molar-refractivity contribution < 1.29 is 14.3 Å². The standard InChI is InChI=1S/C29H33N5O3P2/c1-18-3-4-21(31-28(35)19-5-7-30-26(14-19)29(2,38)39)15-22(18)20-13-24(33-8-11-36-12-9-33)27-32-23-6-10-37-17-25(23)34(27)16-20/h3-5,7,13-16H,6,8-12,17,38-39H2,1-2H3,(H,31,35).